The smallest absolute Gasteiger partial charge is 0.324 e. The maximum absolute atomic E-state index is 12.9. The summed E-state index contributed by atoms with van der Waals surface area (Å²) in [5.41, 5.74) is -1.36. The van der Waals surface area contributed by atoms with Gasteiger partial charge in [-0.2, -0.15) is 0 Å². The zero-order valence-corrected chi connectivity index (χ0v) is 18.9. The summed E-state index contributed by atoms with van der Waals surface area (Å²) >= 11 is 0. The SMILES string of the molecule is COC(=O)C(C/C=C\C[Si](C)(C)c1ccccc1)(C(=O)OC)C1C=CC=CCC1. The molecule has 0 heterocycles. The second kappa shape index (κ2) is 10.4. The molecular weight excluding hydrogens is 380 g/mol. The van der Waals surface area contributed by atoms with Crippen LogP contribution < -0.4 is 5.19 Å². The van der Waals surface area contributed by atoms with E-state index in [1.807, 2.05) is 36.4 Å². The molecule has 29 heavy (non-hydrogen) atoms. The third-order valence-corrected chi connectivity index (χ3v) is 8.91. The minimum absolute atomic E-state index is 0.265. The van der Waals surface area contributed by atoms with Gasteiger partial charge >= 0.3 is 11.9 Å². The molecule has 5 heteroatoms. The Kier molecular flexibility index (Phi) is 8.20. The van der Waals surface area contributed by atoms with E-state index in [4.69, 9.17) is 9.47 Å². The molecule has 0 aliphatic heterocycles. The first-order valence-electron chi connectivity index (χ1n) is 10.1. The van der Waals surface area contributed by atoms with Crippen LogP contribution in [0.4, 0.5) is 0 Å². The van der Waals surface area contributed by atoms with Crippen molar-refractivity contribution in [3.8, 4) is 0 Å². The maximum atomic E-state index is 12.9. The number of carbonyl (C=O) groups excluding carboxylic acids is 2. The Morgan fingerprint density at radius 1 is 1.07 bits per heavy atom. The molecular formula is C24H32O4Si. The molecule has 0 fully saturated rings. The zero-order chi connectivity index (χ0) is 21.3. The predicted molar refractivity (Wildman–Crippen MR) is 120 cm³/mol. The number of carbonyl (C=O) groups is 2. The molecule has 0 spiro atoms. The summed E-state index contributed by atoms with van der Waals surface area (Å²) in [6, 6.07) is 11.4. The van der Waals surface area contributed by atoms with E-state index in [1.54, 1.807) is 0 Å². The van der Waals surface area contributed by atoms with Gasteiger partial charge in [-0.15, -0.1) is 0 Å². The van der Waals surface area contributed by atoms with Gasteiger partial charge in [0.25, 0.3) is 0 Å². The lowest BCUT2D eigenvalue weighted by Crippen LogP contribution is -2.46. The first kappa shape index (κ1) is 22.9. The Morgan fingerprint density at radius 2 is 1.72 bits per heavy atom. The molecule has 156 valence electrons. The van der Waals surface area contributed by atoms with Crippen LogP contribution >= 0.6 is 0 Å². The van der Waals surface area contributed by atoms with Crippen molar-refractivity contribution in [2.75, 3.05) is 14.2 Å². The molecule has 2 rings (SSSR count). The third-order valence-electron chi connectivity index (χ3n) is 5.76. The van der Waals surface area contributed by atoms with Crippen molar-refractivity contribution in [1.29, 1.82) is 0 Å². The van der Waals surface area contributed by atoms with Gasteiger partial charge in [-0.3, -0.25) is 9.59 Å². The van der Waals surface area contributed by atoms with Gasteiger partial charge in [-0.05, 0) is 25.3 Å². The maximum Gasteiger partial charge on any atom is 0.324 e. The molecule has 1 aliphatic carbocycles. The lowest BCUT2D eigenvalue weighted by Gasteiger charge is -2.33. The van der Waals surface area contributed by atoms with Crippen LogP contribution in [0.2, 0.25) is 19.1 Å². The largest absolute Gasteiger partial charge is 0.468 e. The van der Waals surface area contributed by atoms with Crippen molar-refractivity contribution in [1.82, 2.24) is 0 Å². The van der Waals surface area contributed by atoms with E-state index in [9.17, 15) is 9.59 Å². The molecule has 1 unspecified atom stereocenters. The van der Waals surface area contributed by atoms with Crippen molar-refractivity contribution in [3.05, 3.63) is 66.8 Å². The quantitative estimate of drug-likeness (QED) is 0.275. The second-order valence-electron chi connectivity index (χ2n) is 8.08. The Morgan fingerprint density at radius 3 is 2.34 bits per heavy atom. The lowest BCUT2D eigenvalue weighted by atomic mass is 9.70. The van der Waals surface area contributed by atoms with Gasteiger partial charge in [0.1, 0.15) is 0 Å². The van der Waals surface area contributed by atoms with Crippen LogP contribution in [0.25, 0.3) is 0 Å². The Balaban J connectivity index is 2.26. The monoisotopic (exact) mass is 412 g/mol. The number of allylic oxidation sites excluding steroid dienone is 6. The second-order valence-corrected chi connectivity index (χ2v) is 12.8. The summed E-state index contributed by atoms with van der Waals surface area (Å²) in [5.74, 6) is -1.35. The fourth-order valence-electron chi connectivity index (χ4n) is 3.88. The lowest BCUT2D eigenvalue weighted by molar-refractivity contribution is -0.172. The normalized spacial score (nSPS) is 17.2. The van der Waals surface area contributed by atoms with Crippen LogP contribution in [-0.2, 0) is 19.1 Å². The highest BCUT2D eigenvalue weighted by molar-refractivity contribution is 6.90. The third kappa shape index (κ3) is 5.35. The van der Waals surface area contributed by atoms with Crippen LogP contribution in [0.3, 0.4) is 0 Å². The van der Waals surface area contributed by atoms with Gasteiger partial charge in [0.2, 0.25) is 0 Å². The van der Waals surface area contributed by atoms with Gasteiger partial charge in [0.15, 0.2) is 5.41 Å². The van der Waals surface area contributed by atoms with Gasteiger partial charge < -0.3 is 9.47 Å². The van der Waals surface area contributed by atoms with E-state index < -0.39 is 25.4 Å². The highest BCUT2D eigenvalue weighted by Crippen LogP contribution is 2.40. The summed E-state index contributed by atoms with van der Waals surface area (Å²) in [7, 11) is 1.02. The topological polar surface area (TPSA) is 52.6 Å². The van der Waals surface area contributed by atoms with Crippen molar-refractivity contribution >= 4 is 25.2 Å². The molecule has 1 aromatic rings. The predicted octanol–water partition coefficient (Wildman–Crippen LogP) is 4.40. The number of hydrogen-bond donors (Lipinski definition) is 0. The average Bonchev–Trinajstić information content (AvgIpc) is 3.03. The molecule has 0 saturated heterocycles. The van der Waals surface area contributed by atoms with E-state index in [1.165, 1.54) is 19.4 Å². The number of ether oxygens (including phenoxy) is 2. The number of esters is 2. The molecule has 0 aromatic heterocycles. The first-order chi connectivity index (χ1) is 13.9. The summed E-state index contributed by atoms with van der Waals surface area (Å²) in [6.07, 6.45) is 13.6. The fourth-order valence-corrected chi connectivity index (χ4v) is 5.96. The summed E-state index contributed by atoms with van der Waals surface area (Å²) in [6.45, 7) is 4.64. The highest BCUT2D eigenvalue weighted by Gasteiger charge is 2.52. The van der Waals surface area contributed by atoms with E-state index in [-0.39, 0.29) is 12.3 Å². The molecule has 0 amide bonds. The number of hydrogen-bond acceptors (Lipinski definition) is 4. The standard InChI is InChI=1S/C24H32O4Si/c1-27-22(25)24(23(26)28-2,20-14-8-5-6-9-15-20)18-12-13-19-29(3,4)21-16-10-7-11-17-21/h5-8,10-14,16-17,20H,9,15,18-19H2,1-4H3/b13-12-. The molecule has 0 bridgehead atoms. The Bertz CT molecular complexity index is 761. The van der Waals surface area contributed by atoms with Gasteiger partial charge in [-0.25, -0.2) is 0 Å². The van der Waals surface area contributed by atoms with Crippen molar-refractivity contribution < 1.29 is 19.1 Å². The highest BCUT2D eigenvalue weighted by atomic mass is 28.3. The van der Waals surface area contributed by atoms with Gasteiger partial charge in [-0.1, -0.05) is 85.1 Å². The van der Waals surface area contributed by atoms with E-state index >= 15 is 0 Å². The molecule has 1 atom stereocenters. The van der Waals surface area contributed by atoms with Crippen LogP contribution in [0.5, 0.6) is 0 Å². The van der Waals surface area contributed by atoms with Crippen molar-refractivity contribution in [2.45, 2.75) is 38.4 Å². The Labute approximate surface area is 175 Å². The average molecular weight is 413 g/mol. The van der Waals surface area contributed by atoms with Crippen LogP contribution in [0.1, 0.15) is 19.3 Å². The molecule has 0 saturated carbocycles. The van der Waals surface area contributed by atoms with Crippen molar-refractivity contribution in [3.63, 3.8) is 0 Å². The number of rotatable bonds is 8. The summed E-state index contributed by atoms with van der Waals surface area (Å²) < 4.78 is 10.2. The molecule has 0 radical (unpaired) electrons. The minimum atomic E-state index is -1.64. The van der Waals surface area contributed by atoms with E-state index in [2.05, 4.69) is 43.4 Å². The minimum Gasteiger partial charge on any atom is -0.468 e. The van der Waals surface area contributed by atoms with Crippen LogP contribution in [-0.4, -0.2) is 34.2 Å². The number of methoxy groups -OCH3 is 2. The van der Waals surface area contributed by atoms with Crippen LogP contribution in [0, 0.1) is 11.3 Å². The zero-order valence-electron chi connectivity index (χ0n) is 17.9. The van der Waals surface area contributed by atoms with Gasteiger partial charge in [0.05, 0.1) is 22.3 Å². The van der Waals surface area contributed by atoms with Crippen molar-refractivity contribution in [2.24, 2.45) is 11.3 Å². The van der Waals surface area contributed by atoms with E-state index in [0.29, 0.717) is 6.42 Å². The summed E-state index contributed by atoms with van der Waals surface area (Å²) in [5, 5.41) is 1.38. The molecule has 4 nitrogen and oxygen atoms in total. The molecule has 1 aliphatic rings. The molecule has 0 N–H and O–H groups in total. The molecule has 1 aromatic carbocycles. The first-order valence-corrected chi connectivity index (χ1v) is 13.3. The van der Waals surface area contributed by atoms with Gasteiger partial charge in [0, 0.05) is 5.92 Å². The number of benzene rings is 1. The van der Waals surface area contributed by atoms with Crippen LogP contribution in [0.15, 0.2) is 66.8 Å². The fraction of sp³-hybridized carbons (Fsp3) is 0.417. The Hall–Kier alpha value is -2.40. The van der Waals surface area contributed by atoms with E-state index in [0.717, 1.165) is 12.5 Å². The summed E-state index contributed by atoms with van der Waals surface area (Å²) in [4.78, 5) is 25.7.